The average molecular weight is 449 g/mol. The van der Waals surface area contributed by atoms with Crippen LogP contribution in [-0.4, -0.2) is 77.8 Å². The third-order valence-corrected chi connectivity index (χ3v) is 5.16. The van der Waals surface area contributed by atoms with Gasteiger partial charge in [0.25, 0.3) is 5.91 Å². The first-order chi connectivity index (χ1) is 14.9. The third-order valence-electron chi connectivity index (χ3n) is 4.91. The maximum atomic E-state index is 11.9. The number of hydrogen-bond donors (Lipinski definition) is 3. The van der Waals surface area contributed by atoms with Crippen LogP contribution in [0, 0.1) is 0 Å². The first kappa shape index (κ1) is 22.6. The number of benzene rings is 1. The van der Waals surface area contributed by atoms with E-state index in [1.165, 1.54) is 12.3 Å². The minimum Gasteiger partial charge on any atom is -0.505 e. The second-order valence-corrected chi connectivity index (χ2v) is 7.56. The Kier molecular flexibility index (Phi) is 7.91. The average Bonchev–Trinajstić information content (AvgIpc) is 2.76. The number of piperazine rings is 1. The van der Waals surface area contributed by atoms with E-state index < -0.39 is 18.4 Å². The van der Waals surface area contributed by atoms with E-state index in [0.717, 1.165) is 50.6 Å². The molecule has 1 aliphatic heterocycles. The van der Waals surface area contributed by atoms with Crippen LogP contribution < -0.4 is 15.0 Å². The number of aromatic hydroxyl groups is 1. The lowest BCUT2D eigenvalue weighted by atomic mass is 10.2. The van der Waals surface area contributed by atoms with Crippen LogP contribution in [0.5, 0.6) is 11.5 Å². The predicted molar refractivity (Wildman–Crippen MR) is 116 cm³/mol. The van der Waals surface area contributed by atoms with E-state index in [9.17, 15) is 14.7 Å². The molecule has 0 atom stereocenters. The summed E-state index contributed by atoms with van der Waals surface area (Å²) in [6, 6.07) is 8.80. The number of nitrogens with zero attached hydrogens (tertiary/aromatic N) is 3. The molecular formula is C21H25ClN4O5. The standard InChI is InChI=1S/C21H25ClN4O5/c22-15-2-4-17(5-3-15)31-11-1-6-25-7-9-26(10-8-25)16-12-18(27)20(23-13-16)21(30)24-14-19(28)29/h2-5,12-13,27H,1,6-11,14H2,(H,24,30)(H,28,29). The smallest absolute Gasteiger partial charge is 0.322 e. The van der Waals surface area contributed by atoms with E-state index in [-0.39, 0.29) is 11.4 Å². The van der Waals surface area contributed by atoms with Gasteiger partial charge in [0.05, 0.1) is 18.5 Å². The van der Waals surface area contributed by atoms with Crippen molar-refractivity contribution in [1.82, 2.24) is 15.2 Å². The number of ether oxygens (including phenoxy) is 1. The Morgan fingerprint density at radius 3 is 2.52 bits per heavy atom. The van der Waals surface area contributed by atoms with Crippen LogP contribution in [0.3, 0.4) is 0 Å². The van der Waals surface area contributed by atoms with Gasteiger partial charge in [-0.15, -0.1) is 0 Å². The molecule has 31 heavy (non-hydrogen) atoms. The number of carbonyl (C=O) groups is 2. The lowest BCUT2D eigenvalue weighted by molar-refractivity contribution is -0.135. The van der Waals surface area contributed by atoms with Crippen LogP contribution in [-0.2, 0) is 4.79 Å². The summed E-state index contributed by atoms with van der Waals surface area (Å²) in [4.78, 5) is 30.9. The molecule has 2 heterocycles. The number of rotatable bonds is 9. The number of hydrogen-bond acceptors (Lipinski definition) is 7. The highest BCUT2D eigenvalue weighted by Gasteiger charge is 2.20. The molecule has 9 nitrogen and oxygen atoms in total. The molecule has 3 N–H and O–H groups in total. The van der Waals surface area contributed by atoms with Gasteiger partial charge in [-0.2, -0.15) is 0 Å². The second-order valence-electron chi connectivity index (χ2n) is 7.12. The van der Waals surface area contributed by atoms with Crippen LogP contribution >= 0.6 is 11.6 Å². The number of nitrogens with one attached hydrogen (secondary N) is 1. The van der Waals surface area contributed by atoms with E-state index in [2.05, 4.69) is 20.1 Å². The van der Waals surface area contributed by atoms with Gasteiger partial charge in [-0.1, -0.05) is 11.6 Å². The van der Waals surface area contributed by atoms with Gasteiger partial charge in [-0.25, -0.2) is 4.98 Å². The normalized spacial score (nSPS) is 14.3. The number of aromatic nitrogens is 1. The number of amides is 1. The molecule has 0 aliphatic carbocycles. The topological polar surface area (TPSA) is 115 Å². The molecular weight excluding hydrogens is 424 g/mol. The monoisotopic (exact) mass is 448 g/mol. The Hall–Kier alpha value is -3.04. The van der Waals surface area contributed by atoms with Gasteiger partial charge in [0.2, 0.25) is 0 Å². The van der Waals surface area contributed by atoms with Crippen molar-refractivity contribution < 1.29 is 24.5 Å². The highest BCUT2D eigenvalue weighted by atomic mass is 35.5. The molecule has 1 aromatic carbocycles. The van der Waals surface area contributed by atoms with Gasteiger partial charge in [-0.3, -0.25) is 14.5 Å². The van der Waals surface area contributed by atoms with Crippen molar-refractivity contribution in [2.75, 3.05) is 50.8 Å². The third kappa shape index (κ3) is 6.73. The van der Waals surface area contributed by atoms with Gasteiger partial charge >= 0.3 is 5.97 Å². The van der Waals surface area contributed by atoms with Crippen molar-refractivity contribution in [3.8, 4) is 11.5 Å². The van der Waals surface area contributed by atoms with Crippen molar-refractivity contribution in [1.29, 1.82) is 0 Å². The quantitative estimate of drug-likeness (QED) is 0.498. The minimum atomic E-state index is -1.17. The number of pyridine rings is 1. The first-order valence-corrected chi connectivity index (χ1v) is 10.3. The van der Waals surface area contributed by atoms with Gasteiger partial charge in [0.15, 0.2) is 5.69 Å². The number of carboxylic acid groups (broad SMARTS) is 1. The van der Waals surface area contributed by atoms with Crippen molar-refractivity contribution in [3.63, 3.8) is 0 Å². The van der Waals surface area contributed by atoms with Crippen LogP contribution in [0.15, 0.2) is 36.5 Å². The van der Waals surface area contributed by atoms with Crippen LogP contribution in [0.25, 0.3) is 0 Å². The Morgan fingerprint density at radius 1 is 1.16 bits per heavy atom. The molecule has 0 radical (unpaired) electrons. The zero-order chi connectivity index (χ0) is 22.2. The molecule has 0 unspecified atom stereocenters. The first-order valence-electron chi connectivity index (χ1n) is 9.97. The summed E-state index contributed by atoms with van der Waals surface area (Å²) < 4.78 is 5.72. The van der Waals surface area contributed by atoms with E-state index in [4.69, 9.17) is 21.4 Å². The van der Waals surface area contributed by atoms with Gasteiger partial charge < -0.3 is 25.2 Å². The summed E-state index contributed by atoms with van der Waals surface area (Å²) in [5, 5.41) is 21.6. The summed E-state index contributed by atoms with van der Waals surface area (Å²) >= 11 is 5.86. The maximum Gasteiger partial charge on any atom is 0.322 e. The molecule has 166 valence electrons. The largest absolute Gasteiger partial charge is 0.505 e. The zero-order valence-electron chi connectivity index (χ0n) is 17.0. The molecule has 1 saturated heterocycles. The Labute approximate surface area is 185 Å². The van der Waals surface area contributed by atoms with Gasteiger partial charge in [0.1, 0.15) is 18.0 Å². The van der Waals surface area contributed by atoms with Gasteiger partial charge in [0, 0.05) is 43.8 Å². The molecule has 3 rings (SSSR count). The van der Waals surface area contributed by atoms with E-state index in [1.54, 1.807) is 12.1 Å². The number of aliphatic carboxylic acids is 1. The number of carboxylic acids is 1. The molecule has 0 bridgehead atoms. The highest BCUT2D eigenvalue weighted by molar-refractivity contribution is 6.30. The molecule has 1 aromatic heterocycles. The Morgan fingerprint density at radius 2 is 1.87 bits per heavy atom. The fraction of sp³-hybridized carbons (Fsp3) is 0.381. The van der Waals surface area contributed by atoms with Crippen LogP contribution in [0.4, 0.5) is 5.69 Å². The minimum absolute atomic E-state index is 0.190. The number of anilines is 1. The lowest BCUT2D eigenvalue weighted by Gasteiger charge is -2.36. The molecule has 1 aliphatic rings. The summed E-state index contributed by atoms with van der Waals surface area (Å²) in [6.45, 7) is 4.28. The molecule has 0 saturated carbocycles. The number of halogens is 1. The molecule has 0 spiro atoms. The van der Waals surface area contributed by atoms with E-state index in [0.29, 0.717) is 11.6 Å². The predicted octanol–water partition coefficient (Wildman–Crippen LogP) is 1.85. The molecule has 10 heteroatoms. The summed E-state index contributed by atoms with van der Waals surface area (Å²) in [6.07, 6.45) is 2.43. The van der Waals surface area contributed by atoms with Crippen molar-refractivity contribution >= 4 is 29.2 Å². The Balaban J connectivity index is 1.41. The highest BCUT2D eigenvalue weighted by Crippen LogP contribution is 2.23. The van der Waals surface area contributed by atoms with Crippen molar-refractivity contribution in [3.05, 3.63) is 47.2 Å². The zero-order valence-corrected chi connectivity index (χ0v) is 17.7. The maximum absolute atomic E-state index is 11.9. The number of carbonyl (C=O) groups excluding carboxylic acids is 1. The van der Waals surface area contributed by atoms with E-state index >= 15 is 0 Å². The SMILES string of the molecule is O=C(O)CNC(=O)c1ncc(N2CCN(CCCOc3ccc(Cl)cc3)CC2)cc1O. The van der Waals surface area contributed by atoms with Crippen molar-refractivity contribution in [2.24, 2.45) is 0 Å². The Bertz CT molecular complexity index is 901. The lowest BCUT2D eigenvalue weighted by Crippen LogP contribution is -2.46. The summed E-state index contributed by atoms with van der Waals surface area (Å²) in [7, 11) is 0. The van der Waals surface area contributed by atoms with Crippen molar-refractivity contribution in [2.45, 2.75) is 6.42 Å². The van der Waals surface area contributed by atoms with Crippen LogP contribution in [0.2, 0.25) is 5.02 Å². The fourth-order valence-electron chi connectivity index (χ4n) is 3.27. The van der Waals surface area contributed by atoms with E-state index in [1.807, 2.05) is 12.1 Å². The molecule has 1 fully saturated rings. The molecule has 1 amide bonds. The summed E-state index contributed by atoms with van der Waals surface area (Å²) in [5.74, 6) is -1.36. The molecule has 2 aromatic rings. The summed E-state index contributed by atoms with van der Waals surface area (Å²) in [5.41, 5.74) is 0.530. The second kappa shape index (κ2) is 10.8. The fourth-order valence-corrected chi connectivity index (χ4v) is 3.39. The van der Waals surface area contributed by atoms with Gasteiger partial charge in [-0.05, 0) is 30.7 Å². The van der Waals surface area contributed by atoms with Crippen LogP contribution in [0.1, 0.15) is 16.9 Å².